The van der Waals surface area contributed by atoms with Crippen LogP contribution in [0.1, 0.15) is 21.5 Å². The maximum absolute atomic E-state index is 12.1. The van der Waals surface area contributed by atoms with Crippen molar-refractivity contribution >= 4 is 11.7 Å². The van der Waals surface area contributed by atoms with E-state index in [-0.39, 0.29) is 5.91 Å². The Morgan fingerprint density at radius 2 is 2.20 bits per heavy atom. The molecule has 3 N–H and O–H groups in total. The van der Waals surface area contributed by atoms with Crippen LogP contribution in [0.4, 0.5) is 5.82 Å². The molecule has 0 saturated carbocycles. The SMILES string of the molecule is Cc1ccc(NC(=O)c2cccc(C#CCN)c2)nc1. The van der Waals surface area contributed by atoms with E-state index < -0.39 is 0 Å². The molecule has 0 unspecified atom stereocenters. The Kier molecular flexibility index (Phi) is 4.48. The average molecular weight is 265 g/mol. The van der Waals surface area contributed by atoms with Gasteiger partial charge in [0, 0.05) is 17.3 Å². The molecular weight excluding hydrogens is 250 g/mol. The molecule has 0 aliphatic rings. The van der Waals surface area contributed by atoms with Crippen LogP contribution in [-0.4, -0.2) is 17.4 Å². The molecule has 0 aliphatic carbocycles. The molecular formula is C16H15N3O. The molecule has 1 aromatic heterocycles. The molecule has 0 atom stereocenters. The quantitative estimate of drug-likeness (QED) is 0.815. The number of anilines is 1. The summed E-state index contributed by atoms with van der Waals surface area (Å²) in [5.41, 5.74) is 7.67. The van der Waals surface area contributed by atoms with Crippen LogP contribution in [0.5, 0.6) is 0 Å². The Morgan fingerprint density at radius 1 is 1.35 bits per heavy atom. The second kappa shape index (κ2) is 6.50. The van der Waals surface area contributed by atoms with Gasteiger partial charge in [-0.3, -0.25) is 4.79 Å². The Morgan fingerprint density at radius 3 is 2.90 bits per heavy atom. The van der Waals surface area contributed by atoms with Crippen molar-refractivity contribution < 1.29 is 4.79 Å². The minimum Gasteiger partial charge on any atom is -0.320 e. The number of hydrogen-bond donors (Lipinski definition) is 2. The molecule has 0 spiro atoms. The first-order valence-electron chi connectivity index (χ1n) is 6.22. The van der Waals surface area contributed by atoms with Crippen LogP contribution in [0.3, 0.4) is 0 Å². The maximum Gasteiger partial charge on any atom is 0.256 e. The van der Waals surface area contributed by atoms with Crippen molar-refractivity contribution in [1.82, 2.24) is 4.98 Å². The van der Waals surface area contributed by atoms with Crippen LogP contribution in [0.2, 0.25) is 0 Å². The lowest BCUT2D eigenvalue weighted by molar-refractivity contribution is 0.102. The van der Waals surface area contributed by atoms with Crippen LogP contribution >= 0.6 is 0 Å². The Hall–Kier alpha value is -2.64. The van der Waals surface area contributed by atoms with Crippen molar-refractivity contribution in [3.63, 3.8) is 0 Å². The van der Waals surface area contributed by atoms with E-state index in [2.05, 4.69) is 22.1 Å². The van der Waals surface area contributed by atoms with Crippen molar-refractivity contribution in [2.24, 2.45) is 5.73 Å². The fourth-order valence-electron chi connectivity index (χ4n) is 1.62. The van der Waals surface area contributed by atoms with Gasteiger partial charge in [0.25, 0.3) is 5.91 Å². The summed E-state index contributed by atoms with van der Waals surface area (Å²) in [5, 5.41) is 2.75. The van der Waals surface area contributed by atoms with Gasteiger partial charge in [0.05, 0.1) is 6.54 Å². The molecule has 0 saturated heterocycles. The van der Waals surface area contributed by atoms with E-state index in [1.54, 1.807) is 30.5 Å². The third-order valence-corrected chi connectivity index (χ3v) is 2.61. The summed E-state index contributed by atoms with van der Waals surface area (Å²) in [4.78, 5) is 16.2. The van der Waals surface area contributed by atoms with Gasteiger partial charge in [-0.1, -0.05) is 24.0 Å². The molecule has 100 valence electrons. The topological polar surface area (TPSA) is 68.0 Å². The number of nitrogens with zero attached hydrogens (tertiary/aromatic N) is 1. The molecule has 20 heavy (non-hydrogen) atoms. The lowest BCUT2D eigenvalue weighted by Gasteiger charge is -2.05. The van der Waals surface area contributed by atoms with Crippen molar-refractivity contribution in [2.45, 2.75) is 6.92 Å². The van der Waals surface area contributed by atoms with E-state index in [4.69, 9.17) is 5.73 Å². The minimum atomic E-state index is -0.210. The third kappa shape index (κ3) is 3.67. The minimum absolute atomic E-state index is 0.210. The summed E-state index contributed by atoms with van der Waals surface area (Å²) < 4.78 is 0. The zero-order chi connectivity index (χ0) is 14.4. The molecule has 1 amide bonds. The van der Waals surface area contributed by atoms with Crippen LogP contribution in [-0.2, 0) is 0 Å². The largest absolute Gasteiger partial charge is 0.320 e. The highest BCUT2D eigenvalue weighted by Crippen LogP contribution is 2.09. The second-order valence-corrected chi connectivity index (χ2v) is 4.26. The standard InChI is InChI=1S/C16H15N3O/c1-12-7-8-15(18-11-12)19-16(20)14-6-2-4-13(10-14)5-3-9-17/h2,4,6-8,10-11H,9,17H2,1H3,(H,18,19,20). The van der Waals surface area contributed by atoms with E-state index in [1.165, 1.54) is 0 Å². The van der Waals surface area contributed by atoms with Gasteiger partial charge >= 0.3 is 0 Å². The highest BCUT2D eigenvalue weighted by atomic mass is 16.1. The van der Waals surface area contributed by atoms with Crippen LogP contribution in [0, 0.1) is 18.8 Å². The molecule has 4 nitrogen and oxygen atoms in total. The van der Waals surface area contributed by atoms with E-state index in [1.807, 2.05) is 19.1 Å². The van der Waals surface area contributed by atoms with Crippen LogP contribution in [0.25, 0.3) is 0 Å². The monoisotopic (exact) mass is 265 g/mol. The normalized spacial score (nSPS) is 9.50. The van der Waals surface area contributed by atoms with Crippen LogP contribution in [0.15, 0.2) is 42.6 Å². The van der Waals surface area contributed by atoms with Crippen molar-refractivity contribution in [3.05, 3.63) is 59.3 Å². The molecule has 1 aromatic carbocycles. The predicted octanol–water partition coefficient (Wildman–Crippen LogP) is 1.95. The Bertz CT molecular complexity index is 666. The summed E-state index contributed by atoms with van der Waals surface area (Å²) in [6.07, 6.45) is 1.71. The fraction of sp³-hybridized carbons (Fsp3) is 0.125. The molecule has 2 aromatic rings. The summed E-state index contributed by atoms with van der Waals surface area (Å²) in [5.74, 6) is 5.98. The van der Waals surface area contributed by atoms with Gasteiger partial charge in [-0.2, -0.15) is 0 Å². The molecule has 1 heterocycles. The third-order valence-electron chi connectivity index (χ3n) is 2.61. The van der Waals surface area contributed by atoms with Gasteiger partial charge < -0.3 is 11.1 Å². The maximum atomic E-state index is 12.1. The first-order valence-corrected chi connectivity index (χ1v) is 6.22. The van der Waals surface area contributed by atoms with Gasteiger partial charge in [-0.15, -0.1) is 0 Å². The smallest absolute Gasteiger partial charge is 0.256 e. The summed E-state index contributed by atoms with van der Waals surface area (Å²) in [6.45, 7) is 2.24. The second-order valence-electron chi connectivity index (χ2n) is 4.26. The number of hydrogen-bond acceptors (Lipinski definition) is 3. The number of rotatable bonds is 2. The predicted molar refractivity (Wildman–Crippen MR) is 79.3 cm³/mol. The number of amides is 1. The van der Waals surface area contributed by atoms with Crippen molar-refractivity contribution in [2.75, 3.05) is 11.9 Å². The van der Waals surface area contributed by atoms with E-state index in [9.17, 15) is 4.79 Å². The summed E-state index contributed by atoms with van der Waals surface area (Å²) in [6, 6.07) is 10.8. The molecule has 2 rings (SSSR count). The number of nitrogens with one attached hydrogen (secondary N) is 1. The van der Waals surface area contributed by atoms with E-state index >= 15 is 0 Å². The van der Waals surface area contributed by atoms with Gasteiger partial charge in [0.1, 0.15) is 5.82 Å². The van der Waals surface area contributed by atoms with Gasteiger partial charge in [0.15, 0.2) is 0 Å². The Balaban J connectivity index is 2.14. The van der Waals surface area contributed by atoms with Gasteiger partial charge in [-0.25, -0.2) is 4.98 Å². The average Bonchev–Trinajstić information content (AvgIpc) is 2.48. The lowest BCUT2D eigenvalue weighted by atomic mass is 10.1. The summed E-state index contributed by atoms with van der Waals surface area (Å²) in [7, 11) is 0. The zero-order valence-corrected chi connectivity index (χ0v) is 11.2. The first kappa shape index (κ1) is 13.8. The number of pyridine rings is 1. The summed E-state index contributed by atoms with van der Waals surface area (Å²) >= 11 is 0. The number of aromatic nitrogens is 1. The molecule has 0 fully saturated rings. The van der Waals surface area contributed by atoms with Crippen LogP contribution < -0.4 is 11.1 Å². The highest BCUT2D eigenvalue weighted by Gasteiger charge is 2.06. The molecule has 4 heteroatoms. The van der Waals surface area contributed by atoms with E-state index in [0.717, 1.165) is 11.1 Å². The van der Waals surface area contributed by atoms with Gasteiger partial charge in [0.2, 0.25) is 0 Å². The molecule has 0 bridgehead atoms. The van der Waals surface area contributed by atoms with Crippen molar-refractivity contribution in [1.29, 1.82) is 0 Å². The van der Waals surface area contributed by atoms with Crippen molar-refractivity contribution in [3.8, 4) is 11.8 Å². The molecule has 0 radical (unpaired) electrons. The Labute approximate surface area is 118 Å². The highest BCUT2D eigenvalue weighted by molar-refractivity contribution is 6.03. The zero-order valence-electron chi connectivity index (χ0n) is 11.2. The number of aryl methyl sites for hydroxylation is 1. The van der Waals surface area contributed by atoms with Gasteiger partial charge in [-0.05, 0) is 36.8 Å². The number of carbonyl (C=O) groups excluding carboxylic acids is 1. The lowest BCUT2D eigenvalue weighted by Crippen LogP contribution is -2.13. The fourth-order valence-corrected chi connectivity index (χ4v) is 1.62. The van der Waals surface area contributed by atoms with E-state index in [0.29, 0.717) is 17.9 Å². The number of carbonyl (C=O) groups is 1. The number of nitrogens with two attached hydrogens (primary N) is 1. The number of benzene rings is 1. The molecule has 0 aliphatic heterocycles. The first-order chi connectivity index (χ1) is 9.69.